The van der Waals surface area contributed by atoms with E-state index in [0.717, 1.165) is 0 Å². The topological polar surface area (TPSA) is 76.7 Å². The molecule has 0 aromatic heterocycles. The summed E-state index contributed by atoms with van der Waals surface area (Å²) in [6.07, 6.45) is 0. The van der Waals surface area contributed by atoms with Crippen molar-refractivity contribution in [2.24, 2.45) is 5.92 Å². The molecule has 6 nitrogen and oxygen atoms in total. The number of amides is 2. The Morgan fingerprint density at radius 2 is 1.75 bits per heavy atom. The summed E-state index contributed by atoms with van der Waals surface area (Å²) in [6, 6.07) is 7.83. The normalized spacial score (nSPS) is 13.8. The largest absolute Gasteiger partial charge is 0.486 e. The molecule has 0 saturated heterocycles. The van der Waals surface area contributed by atoms with Crippen molar-refractivity contribution in [1.82, 2.24) is 5.32 Å². The summed E-state index contributed by atoms with van der Waals surface area (Å²) in [5.74, 6) is -1.06. The van der Waals surface area contributed by atoms with Crippen molar-refractivity contribution in [3.05, 3.63) is 52.8 Å². The Balaban J connectivity index is 1.77. The van der Waals surface area contributed by atoms with Crippen molar-refractivity contribution < 1.29 is 23.5 Å². The Morgan fingerprint density at radius 1 is 1.11 bits per heavy atom. The summed E-state index contributed by atoms with van der Waals surface area (Å²) in [5.41, 5.74) is 0.208. The zero-order valence-electron chi connectivity index (χ0n) is 15.4. The van der Waals surface area contributed by atoms with Crippen molar-refractivity contribution in [3.8, 4) is 11.5 Å². The predicted molar refractivity (Wildman–Crippen MR) is 104 cm³/mol. The van der Waals surface area contributed by atoms with E-state index in [1.807, 2.05) is 0 Å². The van der Waals surface area contributed by atoms with Gasteiger partial charge >= 0.3 is 0 Å². The minimum Gasteiger partial charge on any atom is -0.486 e. The van der Waals surface area contributed by atoms with Gasteiger partial charge in [-0.15, -0.1) is 0 Å². The van der Waals surface area contributed by atoms with Crippen LogP contribution in [0.15, 0.2) is 36.4 Å². The quantitative estimate of drug-likeness (QED) is 0.794. The fourth-order valence-electron chi connectivity index (χ4n) is 2.77. The maximum Gasteiger partial charge on any atom is 0.254 e. The number of benzene rings is 2. The molecule has 0 aliphatic carbocycles. The van der Waals surface area contributed by atoms with Gasteiger partial charge in [0.2, 0.25) is 5.91 Å². The second kappa shape index (κ2) is 8.48. The highest BCUT2D eigenvalue weighted by atomic mass is 35.5. The van der Waals surface area contributed by atoms with Crippen LogP contribution in [0.4, 0.5) is 10.1 Å². The Hall–Kier alpha value is -2.80. The van der Waals surface area contributed by atoms with Crippen LogP contribution in [0.5, 0.6) is 11.5 Å². The van der Waals surface area contributed by atoms with Crippen molar-refractivity contribution in [3.63, 3.8) is 0 Å². The van der Waals surface area contributed by atoms with Crippen molar-refractivity contribution in [2.45, 2.75) is 19.9 Å². The van der Waals surface area contributed by atoms with Crippen LogP contribution < -0.4 is 20.1 Å². The number of anilines is 1. The van der Waals surface area contributed by atoms with Gasteiger partial charge in [0.15, 0.2) is 11.5 Å². The van der Waals surface area contributed by atoms with E-state index >= 15 is 0 Å². The molecule has 1 aliphatic rings. The number of ether oxygens (including phenoxy) is 2. The fraction of sp³-hybridized carbons (Fsp3) is 0.300. The fourth-order valence-corrected chi connectivity index (χ4v) is 2.97. The average molecular weight is 407 g/mol. The molecule has 2 aromatic rings. The van der Waals surface area contributed by atoms with E-state index in [1.54, 1.807) is 32.0 Å². The molecule has 0 bridgehead atoms. The molecule has 148 valence electrons. The third-order valence-corrected chi connectivity index (χ3v) is 4.56. The van der Waals surface area contributed by atoms with Gasteiger partial charge in [-0.2, -0.15) is 0 Å². The molecule has 3 rings (SSSR count). The average Bonchev–Trinajstić information content (AvgIpc) is 2.66. The molecule has 0 unspecified atom stereocenters. The molecular formula is C20H20ClFN2O4. The van der Waals surface area contributed by atoms with Crippen LogP contribution in [0, 0.1) is 11.7 Å². The predicted octanol–water partition coefficient (Wildman–Crippen LogP) is 3.64. The standard InChI is InChI=1S/C20H20ClFN2O4/c1-11(2)18(24-19(25)12-5-3-4-6-14(12)22)20(26)23-15-10-17-16(9-13(15)21)27-7-8-28-17/h3-6,9-11,18H,7-8H2,1-2H3,(H,23,26)(H,24,25)/t18-/m0/s1. The molecule has 1 atom stereocenters. The number of rotatable bonds is 5. The molecule has 1 heterocycles. The zero-order chi connectivity index (χ0) is 20.3. The summed E-state index contributed by atoms with van der Waals surface area (Å²) < 4.78 is 24.8. The highest BCUT2D eigenvalue weighted by Gasteiger charge is 2.27. The summed E-state index contributed by atoms with van der Waals surface area (Å²) in [6.45, 7) is 4.37. The number of nitrogens with one attached hydrogen (secondary N) is 2. The van der Waals surface area contributed by atoms with Gasteiger partial charge in [0.1, 0.15) is 25.1 Å². The SMILES string of the molecule is CC(C)[C@H](NC(=O)c1ccccc1F)C(=O)Nc1cc2c(cc1Cl)OCCO2. The summed E-state index contributed by atoms with van der Waals surface area (Å²) in [4.78, 5) is 25.2. The molecule has 28 heavy (non-hydrogen) atoms. The van der Waals surface area contributed by atoms with Crippen LogP contribution in [0.25, 0.3) is 0 Å². The van der Waals surface area contributed by atoms with Gasteiger partial charge in [-0.1, -0.05) is 37.6 Å². The van der Waals surface area contributed by atoms with E-state index in [9.17, 15) is 14.0 Å². The lowest BCUT2D eigenvalue weighted by Crippen LogP contribution is -2.47. The van der Waals surface area contributed by atoms with Gasteiger partial charge in [0, 0.05) is 12.1 Å². The van der Waals surface area contributed by atoms with E-state index in [-0.39, 0.29) is 16.5 Å². The van der Waals surface area contributed by atoms with E-state index in [1.165, 1.54) is 18.2 Å². The molecule has 0 spiro atoms. The van der Waals surface area contributed by atoms with Crippen LogP contribution >= 0.6 is 11.6 Å². The minimum absolute atomic E-state index is 0.127. The second-order valence-corrected chi connectivity index (χ2v) is 7.05. The summed E-state index contributed by atoms with van der Waals surface area (Å²) >= 11 is 6.22. The highest BCUT2D eigenvalue weighted by molar-refractivity contribution is 6.34. The van der Waals surface area contributed by atoms with E-state index < -0.39 is 23.7 Å². The third kappa shape index (κ3) is 4.36. The van der Waals surface area contributed by atoms with Gasteiger partial charge in [-0.3, -0.25) is 9.59 Å². The lowest BCUT2D eigenvalue weighted by Gasteiger charge is -2.23. The molecule has 2 amide bonds. The molecule has 0 radical (unpaired) electrons. The maximum absolute atomic E-state index is 13.8. The van der Waals surface area contributed by atoms with Crippen LogP contribution in [0.2, 0.25) is 5.02 Å². The molecule has 2 aromatic carbocycles. The number of fused-ring (bicyclic) bond motifs is 1. The van der Waals surface area contributed by atoms with Crippen molar-refractivity contribution >= 4 is 29.1 Å². The van der Waals surface area contributed by atoms with Gasteiger partial charge in [0.25, 0.3) is 5.91 Å². The molecule has 1 aliphatic heterocycles. The summed E-state index contributed by atoms with van der Waals surface area (Å²) in [7, 11) is 0. The van der Waals surface area contributed by atoms with Crippen LogP contribution in [0.3, 0.4) is 0 Å². The van der Waals surface area contributed by atoms with Crippen molar-refractivity contribution in [1.29, 1.82) is 0 Å². The molecule has 0 fully saturated rings. The number of carbonyl (C=O) groups is 2. The Bertz CT molecular complexity index is 904. The first kappa shape index (κ1) is 19.9. The lowest BCUT2D eigenvalue weighted by atomic mass is 10.0. The van der Waals surface area contributed by atoms with Crippen LogP contribution in [-0.4, -0.2) is 31.1 Å². The zero-order valence-corrected chi connectivity index (χ0v) is 16.2. The Kier molecular flexibility index (Phi) is 6.04. The maximum atomic E-state index is 13.8. The highest BCUT2D eigenvalue weighted by Crippen LogP contribution is 2.38. The first-order valence-corrected chi connectivity index (χ1v) is 9.20. The molecular weight excluding hydrogens is 387 g/mol. The lowest BCUT2D eigenvalue weighted by molar-refractivity contribution is -0.118. The van der Waals surface area contributed by atoms with Crippen LogP contribution in [0.1, 0.15) is 24.2 Å². The number of halogens is 2. The number of carbonyl (C=O) groups excluding carboxylic acids is 2. The minimum atomic E-state index is -0.892. The first-order chi connectivity index (χ1) is 13.4. The van der Waals surface area contributed by atoms with Gasteiger partial charge in [-0.05, 0) is 18.1 Å². The molecule has 8 heteroatoms. The van der Waals surface area contributed by atoms with E-state index in [4.69, 9.17) is 21.1 Å². The number of hydrogen-bond acceptors (Lipinski definition) is 4. The monoisotopic (exact) mass is 406 g/mol. The van der Waals surface area contributed by atoms with E-state index in [2.05, 4.69) is 10.6 Å². The Morgan fingerprint density at radius 3 is 2.39 bits per heavy atom. The van der Waals surface area contributed by atoms with Gasteiger partial charge < -0.3 is 20.1 Å². The third-order valence-electron chi connectivity index (χ3n) is 4.24. The van der Waals surface area contributed by atoms with Crippen molar-refractivity contribution in [2.75, 3.05) is 18.5 Å². The molecule has 2 N–H and O–H groups in total. The smallest absolute Gasteiger partial charge is 0.254 e. The number of hydrogen-bond donors (Lipinski definition) is 2. The van der Waals surface area contributed by atoms with E-state index in [0.29, 0.717) is 30.4 Å². The van der Waals surface area contributed by atoms with Gasteiger partial charge in [-0.25, -0.2) is 4.39 Å². The second-order valence-electron chi connectivity index (χ2n) is 6.64. The molecule has 0 saturated carbocycles. The Labute approximate surface area is 167 Å². The van der Waals surface area contributed by atoms with Gasteiger partial charge in [0.05, 0.1) is 16.3 Å². The first-order valence-electron chi connectivity index (χ1n) is 8.82. The summed E-state index contributed by atoms with van der Waals surface area (Å²) in [5, 5.41) is 5.56. The van der Waals surface area contributed by atoms with Crippen LogP contribution in [-0.2, 0) is 4.79 Å².